The van der Waals surface area contributed by atoms with E-state index in [2.05, 4.69) is 10.6 Å². The number of halogens is 1. The van der Waals surface area contributed by atoms with Crippen LogP contribution in [-0.4, -0.2) is 25.0 Å². The van der Waals surface area contributed by atoms with Gasteiger partial charge < -0.3 is 10.6 Å². The molecule has 2 rings (SSSR count). The van der Waals surface area contributed by atoms with Gasteiger partial charge in [-0.15, -0.1) is 12.4 Å². The van der Waals surface area contributed by atoms with Gasteiger partial charge in [0.1, 0.15) is 0 Å². The van der Waals surface area contributed by atoms with Gasteiger partial charge in [0.05, 0.1) is 5.41 Å². The number of hydrogen-bond acceptors (Lipinski definition) is 2. The lowest BCUT2D eigenvalue weighted by molar-refractivity contribution is -0.126. The number of amides is 1. The molecule has 1 heterocycles. The highest BCUT2D eigenvalue weighted by Gasteiger charge is 2.31. The van der Waals surface area contributed by atoms with Crippen LogP contribution in [0.2, 0.25) is 0 Å². The van der Waals surface area contributed by atoms with Crippen molar-refractivity contribution in [1.29, 1.82) is 0 Å². The third-order valence-corrected chi connectivity index (χ3v) is 3.74. The molecular weight excluding hydrogens is 260 g/mol. The van der Waals surface area contributed by atoms with Crippen molar-refractivity contribution in [3.05, 3.63) is 35.9 Å². The van der Waals surface area contributed by atoms with Gasteiger partial charge in [-0.2, -0.15) is 0 Å². The molecular formula is C15H23ClN2O. The first-order valence-electron chi connectivity index (χ1n) is 6.68. The second-order valence-corrected chi connectivity index (χ2v) is 5.49. The van der Waals surface area contributed by atoms with E-state index in [1.165, 1.54) is 0 Å². The Labute approximate surface area is 121 Å². The van der Waals surface area contributed by atoms with Crippen molar-refractivity contribution in [2.45, 2.75) is 38.1 Å². The maximum Gasteiger partial charge on any atom is 0.230 e. The highest BCUT2D eigenvalue weighted by atomic mass is 35.5. The van der Waals surface area contributed by atoms with Gasteiger partial charge in [0.25, 0.3) is 0 Å². The summed E-state index contributed by atoms with van der Waals surface area (Å²) < 4.78 is 0. The number of hydrogen-bond donors (Lipinski definition) is 2. The van der Waals surface area contributed by atoms with Crippen molar-refractivity contribution in [2.75, 3.05) is 13.1 Å². The molecule has 0 bridgehead atoms. The molecule has 0 aliphatic carbocycles. The van der Waals surface area contributed by atoms with Crippen molar-refractivity contribution in [2.24, 2.45) is 0 Å². The number of nitrogens with one attached hydrogen (secondary N) is 2. The Kier molecular flexibility index (Phi) is 5.83. The molecule has 1 fully saturated rings. The third-order valence-electron chi connectivity index (χ3n) is 3.74. The summed E-state index contributed by atoms with van der Waals surface area (Å²) in [4.78, 5) is 12.4. The van der Waals surface area contributed by atoms with E-state index in [1.807, 2.05) is 44.2 Å². The lowest BCUT2D eigenvalue weighted by atomic mass is 9.83. The zero-order valence-electron chi connectivity index (χ0n) is 11.6. The lowest BCUT2D eigenvalue weighted by Crippen LogP contribution is -2.48. The van der Waals surface area contributed by atoms with Crippen LogP contribution in [0, 0.1) is 0 Å². The molecule has 0 saturated carbocycles. The minimum atomic E-state index is -0.466. The first kappa shape index (κ1) is 16.0. The number of benzene rings is 1. The van der Waals surface area contributed by atoms with Gasteiger partial charge in [0.2, 0.25) is 5.91 Å². The number of carbonyl (C=O) groups excluding carboxylic acids is 1. The molecule has 1 saturated heterocycles. The number of carbonyl (C=O) groups is 1. The quantitative estimate of drug-likeness (QED) is 0.893. The molecule has 1 aliphatic rings. The van der Waals surface area contributed by atoms with Gasteiger partial charge in [-0.25, -0.2) is 0 Å². The Hall–Kier alpha value is -1.06. The highest BCUT2D eigenvalue weighted by molar-refractivity contribution is 5.87. The Morgan fingerprint density at radius 3 is 2.37 bits per heavy atom. The van der Waals surface area contributed by atoms with Crippen LogP contribution in [0.1, 0.15) is 32.3 Å². The summed E-state index contributed by atoms with van der Waals surface area (Å²) in [6.07, 6.45) is 2.05. The summed E-state index contributed by atoms with van der Waals surface area (Å²) >= 11 is 0. The van der Waals surface area contributed by atoms with Crippen molar-refractivity contribution in [3.63, 3.8) is 0 Å². The normalized spacial score (nSPS) is 16.5. The largest absolute Gasteiger partial charge is 0.353 e. The van der Waals surface area contributed by atoms with Crippen molar-refractivity contribution in [1.82, 2.24) is 10.6 Å². The number of piperidine rings is 1. The molecule has 19 heavy (non-hydrogen) atoms. The van der Waals surface area contributed by atoms with Crippen LogP contribution in [0.15, 0.2) is 30.3 Å². The minimum absolute atomic E-state index is 0. The summed E-state index contributed by atoms with van der Waals surface area (Å²) in [7, 11) is 0. The predicted octanol–water partition coefficient (Wildman–Crippen LogP) is 2.25. The first-order valence-corrected chi connectivity index (χ1v) is 6.68. The van der Waals surface area contributed by atoms with E-state index >= 15 is 0 Å². The van der Waals surface area contributed by atoms with Crippen molar-refractivity contribution >= 4 is 18.3 Å². The van der Waals surface area contributed by atoms with Crippen LogP contribution in [0.4, 0.5) is 0 Å². The van der Waals surface area contributed by atoms with Crippen LogP contribution in [0.25, 0.3) is 0 Å². The summed E-state index contributed by atoms with van der Waals surface area (Å²) in [5, 5.41) is 6.49. The molecule has 1 aromatic carbocycles. The van der Waals surface area contributed by atoms with E-state index in [4.69, 9.17) is 0 Å². The van der Waals surface area contributed by atoms with Crippen LogP contribution < -0.4 is 10.6 Å². The summed E-state index contributed by atoms with van der Waals surface area (Å²) in [6.45, 7) is 5.96. The molecule has 1 aromatic rings. The predicted molar refractivity (Wildman–Crippen MR) is 80.8 cm³/mol. The van der Waals surface area contributed by atoms with E-state index in [9.17, 15) is 4.79 Å². The molecule has 0 unspecified atom stereocenters. The zero-order chi connectivity index (χ0) is 13.0. The molecule has 0 radical (unpaired) electrons. The molecule has 1 amide bonds. The van der Waals surface area contributed by atoms with E-state index in [0.29, 0.717) is 6.04 Å². The second kappa shape index (κ2) is 6.92. The Balaban J connectivity index is 0.00000180. The van der Waals surface area contributed by atoms with Crippen LogP contribution in [0.3, 0.4) is 0 Å². The summed E-state index contributed by atoms with van der Waals surface area (Å²) in [5.41, 5.74) is 0.600. The molecule has 4 heteroatoms. The van der Waals surface area contributed by atoms with Gasteiger partial charge in [0, 0.05) is 6.04 Å². The van der Waals surface area contributed by atoms with Gasteiger partial charge in [-0.05, 0) is 45.3 Å². The van der Waals surface area contributed by atoms with E-state index in [-0.39, 0.29) is 18.3 Å². The van der Waals surface area contributed by atoms with Gasteiger partial charge in [-0.1, -0.05) is 30.3 Å². The molecule has 106 valence electrons. The fourth-order valence-electron chi connectivity index (χ4n) is 2.32. The zero-order valence-corrected chi connectivity index (χ0v) is 12.4. The highest BCUT2D eigenvalue weighted by Crippen LogP contribution is 2.23. The number of rotatable bonds is 3. The van der Waals surface area contributed by atoms with Gasteiger partial charge in [0.15, 0.2) is 0 Å². The van der Waals surface area contributed by atoms with E-state index in [1.54, 1.807) is 0 Å². The molecule has 2 N–H and O–H groups in total. The maximum absolute atomic E-state index is 12.4. The SMILES string of the molecule is CC(C)(C(=O)NC1CCNCC1)c1ccccc1.Cl. The molecule has 0 atom stereocenters. The van der Waals surface area contributed by atoms with Gasteiger partial charge >= 0.3 is 0 Å². The average molecular weight is 283 g/mol. The van der Waals surface area contributed by atoms with Crippen molar-refractivity contribution in [3.8, 4) is 0 Å². The van der Waals surface area contributed by atoms with Crippen LogP contribution in [-0.2, 0) is 10.2 Å². The fourth-order valence-corrected chi connectivity index (χ4v) is 2.32. The van der Waals surface area contributed by atoms with Crippen LogP contribution in [0.5, 0.6) is 0 Å². The molecule has 3 nitrogen and oxygen atoms in total. The Morgan fingerprint density at radius 1 is 1.21 bits per heavy atom. The fraction of sp³-hybridized carbons (Fsp3) is 0.533. The lowest BCUT2D eigenvalue weighted by Gasteiger charge is -2.30. The third kappa shape index (κ3) is 3.95. The van der Waals surface area contributed by atoms with E-state index in [0.717, 1.165) is 31.5 Å². The average Bonchev–Trinajstić information content (AvgIpc) is 2.41. The summed E-state index contributed by atoms with van der Waals surface area (Å²) in [5.74, 6) is 0.126. The Morgan fingerprint density at radius 2 is 1.79 bits per heavy atom. The standard InChI is InChI=1S/C15H22N2O.ClH/c1-15(2,12-6-4-3-5-7-12)14(18)17-13-8-10-16-11-9-13;/h3-7,13,16H,8-11H2,1-2H3,(H,17,18);1H. The monoisotopic (exact) mass is 282 g/mol. The summed E-state index contributed by atoms with van der Waals surface area (Å²) in [6, 6.07) is 10.3. The minimum Gasteiger partial charge on any atom is -0.353 e. The topological polar surface area (TPSA) is 41.1 Å². The maximum atomic E-state index is 12.4. The first-order chi connectivity index (χ1) is 8.60. The van der Waals surface area contributed by atoms with Crippen molar-refractivity contribution < 1.29 is 4.79 Å². The second-order valence-electron chi connectivity index (χ2n) is 5.49. The Bertz CT molecular complexity index is 400. The van der Waals surface area contributed by atoms with E-state index < -0.39 is 5.41 Å². The molecule has 1 aliphatic heterocycles. The molecule has 0 spiro atoms. The van der Waals surface area contributed by atoms with Crippen LogP contribution >= 0.6 is 12.4 Å². The molecule has 0 aromatic heterocycles. The van der Waals surface area contributed by atoms with Gasteiger partial charge in [-0.3, -0.25) is 4.79 Å². The smallest absolute Gasteiger partial charge is 0.230 e.